The molecule has 4 rings (SSSR count). The number of benzene rings is 3. The summed E-state index contributed by atoms with van der Waals surface area (Å²) in [6, 6.07) is 6.29. The summed E-state index contributed by atoms with van der Waals surface area (Å²) in [5.41, 5.74) is -5.34. The predicted molar refractivity (Wildman–Crippen MR) is 128 cm³/mol. The molecule has 0 unspecified atom stereocenters. The molecule has 0 radical (unpaired) electrons. The van der Waals surface area contributed by atoms with E-state index in [4.69, 9.17) is 4.42 Å². The molecule has 0 saturated carbocycles. The van der Waals surface area contributed by atoms with E-state index in [0.29, 0.717) is 0 Å². The van der Waals surface area contributed by atoms with Crippen molar-refractivity contribution in [3.05, 3.63) is 79.7 Å². The molecule has 0 spiro atoms. The van der Waals surface area contributed by atoms with E-state index in [1.54, 1.807) is 0 Å². The van der Waals surface area contributed by atoms with Crippen molar-refractivity contribution in [2.24, 2.45) is 0 Å². The van der Waals surface area contributed by atoms with Gasteiger partial charge < -0.3 is 35.1 Å². The van der Waals surface area contributed by atoms with E-state index in [2.05, 4.69) is 0 Å². The summed E-state index contributed by atoms with van der Waals surface area (Å²) in [6.07, 6.45) is -0.0677. The third kappa shape index (κ3) is 3.67. The summed E-state index contributed by atoms with van der Waals surface area (Å²) in [5, 5.41) is 64.4. The Bertz CT molecular complexity index is 1580. The smallest absolute Gasteiger partial charge is 0.336 e. The van der Waals surface area contributed by atoms with E-state index < -0.39 is 79.4 Å². The molecule has 0 aliphatic heterocycles. The number of aldehydes is 4. The lowest BCUT2D eigenvalue weighted by molar-refractivity contribution is 0.110. The topological polar surface area (TPSA) is 220 Å². The van der Waals surface area contributed by atoms with Crippen molar-refractivity contribution in [2.75, 3.05) is 0 Å². The SMILES string of the molecule is O=Cc1c(O)c(C=O)c(O)c(C(c2ccc3oc(=O)ccc3c2)c2c(O)c(C=O)c(O)c(C=O)c2O)c1O. The molecule has 192 valence electrons. The standard InChI is InChI=1S/C26H16O12/c27-6-12-21(32)13(7-28)24(35)19(23(12)34)18(11-1-3-16-10(5-11)2-4-17(31)38-16)20-25(36)14(8-29)22(33)15(9-30)26(20)37/h1-9,18,32-37H. The molecule has 12 nitrogen and oxygen atoms in total. The second-order valence-corrected chi connectivity index (χ2v) is 8.03. The molecule has 4 aromatic rings. The molecule has 0 amide bonds. The molecule has 0 saturated heterocycles. The number of hydrogen-bond donors (Lipinski definition) is 6. The Hall–Kier alpha value is -5.65. The number of hydrogen-bond acceptors (Lipinski definition) is 12. The third-order valence-electron chi connectivity index (χ3n) is 6.09. The van der Waals surface area contributed by atoms with Crippen LogP contribution in [0.1, 0.15) is 64.0 Å². The zero-order valence-corrected chi connectivity index (χ0v) is 18.9. The van der Waals surface area contributed by atoms with E-state index in [9.17, 15) is 54.6 Å². The number of aromatic hydroxyl groups is 6. The summed E-state index contributed by atoms with van der Waals surface area (Å²) in [7, 11) is 0. The Labute approximate surface area is 210 Å². The fraction of sp³-hybridized carbons (Fsp3) is 0.0385. The van der Waals surface area contributed by atoms with Crippen LogP contribution in [0.25, 0.3) is 11.0 Å². The van der Waals surface area contributed by atoms with Crippen LogP contribution >= 0.6 is 0 Å². The van der Waals surface area contributed by atoms with E-state index >= 15 is 0 Å². The molecule has 12 heteroatoms. The van der Waals surface area contributed by atoms with E-state index in [1.165, 1.54) is 24.3 Å². The lowest BCUT2D eigenvalue weighted by Crippen LogP contribution is -2.10. The number of carbonyl (C=O) groups is 4. The normalized spacial score (nSPS) is 11.0. The molecule has 0 fully saturated rings. The highest BCUT2D eigenvalue weighted by molar-refractivity contribution is 5.97. The average molecular weight is 520 g/mol. The van der Waals surface area contributed by atoms with Crippen molar-refractivity contribution in [1.29, 1.82) is 0 Å². The first-order chi connectivity index (χ1) is 18.1. The molecular weight excluding hydrogens is 504 g/mol. The second kappa shape index (κ2) is 9.43. The summed E-state index contributed by atoms with van der Waals surface area (Å²) < 4.78 is 5.08. The van der Waals surface area contributed by atoms with Gasteiger partial charge in [-0.1, -0.05) is 6.07 Å². The van der Waals surface area contributed by atoms with Gasteiger partial charge in [-0.2, -0.15) is 0 Å². The quantitative estimate of drug-likeness (QED) is 0.118. The first-order valence-corrected chi connectivity index (χ1v) is 10.6. The molecule has 0 atom stereocenters. The highest BCUT2D eigenvalue weighted by Crippen LogP contribution is 2.54. The maximum Gasteiger partial charge on any atom is 0.336 e. The van der Waals surface area contributed by atoms with Crippen LogP contribution in [0.4, 0.5) is 0 Å². The van der Waals surface area contributed by atoms with Crippen LogP contribution in [0, 0.1) is 0 Å². The van der Waals surface area contributed by atoms with Crippen LogP contribution in [0.15, 0.2) is 39.5 Å². The predicted octanol–water partition coefficient (Wildman–Crippen LogP) is 2.46. The van der Waals surface area contributed by atoms with Crippen LogP contribution < -0.4 is 5.63 Å². The summed E-state index contributed by atoms with van der Waals surface area (Å²) >= 11 is 0. The zero-order valence-electron chi connectivity index (χ0n) is 18.9. The molecule has 3 aromatic carbocycles. The van der Waals surface area contributed by atoms with Crippen molar-refractivity contribution < 1.29 is 54.2 Å². The zero-order chi connectivity index (χ0) is 27.9. The molecule has 0 aliphatic carbocycles. The molecule has 1 heterocycles. The fourth-order valence-electron chi connectivity index (χ4n) is 4.28. The third-order valence-corrected chi connectivity index (χ3v) is 6.09. The van der Waals surface area contributed by atoms with Gasteiger partial charge in [0.25, 0.3) is 0 Å². The number of rotatable bonds is 7. The van der Waals surface area contributed by atoms with Crippen LogP contribution in [0.5, 0.6) is 34.5 Å². The molecule has 38 heavy (non-hydrogen) atoms. The molecule has 1 aromatic heterocycles. The lowest BCUT2D eigenvalue weighted by atomic mass is 9.79. The minimum absolute atomic E-state index is 0.0127. The average Bonchev–Trinajstić information content (AvgIpc) is 2.88. The number of phenols is 6. The van der Waals surface area contributed by atoms with Gasteiger partial charge in [-0.05, 0) is 23.8 Å². The van der Waals surface area contributed by atoms with Crippen molar-refractivity contribution >= 4 is 36.1 Å². The van der Waals surface area contributed by atoms with Gasteiger partial charge in [-0.25, -0.2) is 4.79 Å². The first kappa shape index (κ1) is 25.4. The highest BCUT2D eigenvalue weighted by atomic mass is 16.4. The minimum Gasteiger partial charge on any atom is -0.507 e. The summed E-state index contributed by atoms with van der Waals surface area (Å²) in [6.45, 7) is 0. The first-order valence-electron chi connectivity index (χ1n) is 10.6. The van der Waals surface area contributed by atoms with Crippen molar-refractivity contribution in [1.82, 2.24) is 0 Å². The number of carbonyl (C=O) groups excluding carboxylic acids is 4. The Morgan fingerprint density at radius 2 is 1.00 bits per heavy atom. The van der Waals surface area contributed by atoms with Crippen molar-refractivity contribution in [3.8, 4) is 34.5 Å². The van der Waals surface area contributed by atoms with Crippen LogP contribution in [0.2, 0.25) is 0 Å². The fourth-order valence-corrected chi connectivity index (χ4v) is 4.28. The van der Waals surface area contributed by atoms with Crippen LogP contribution in [-0.2, 0) is 0 Å². The van der Waals surface area contributed by atoms with Gasteiger partial charge in [0.2, 0.25) is 0 Å². The monoisotopic (exact) mass is 520 g/mol. The summed E-state index contributed by atoms with van der Waals surface area (Å²) in [5.74, 6) is -8.17. The van der Waals surface area contributed by atoms with Gasteiger partial charge in [0, 0.05) is 28.5 Å². The van der Waals surface area contributed by atoms with Crippen LogP contribution in [-0.4, -0.2) is 55.8 Å². The molecule has 0 bridgehead atoms. The number of fused-ring (bicyclic) bond motifs is 1. The van der Waals surface area contributed by atoms with Crippen LogP contribution in [0.3, 0.4) is 0 Å². The van der Waals surface area contributed by atoms with Gasteiger partial charge in [0.05, 0.1) is 22.3 Å². The van der Waals surface area contributed by atoms with E-state index in [1.807, 2.05) is 0 Å². The Kier molecular flexibility index (Phi) is 6.31. The lowest BCUT2D eigenvalue weighted by Gasteiger charge is -2.26. The molecule has 6 N–H and O–H groups in total. The second-order valence-electron chi connectivity index (χ2n) is 8.03. The Morgan fingerprint density at radius 1 is 0.579 bits per heavy atom. The maximum absolute atomic E-state index is 11.7. The van der Waals surface area contributed by atoms with Gasteiger partial charge in [-0.3, -0.25) is 19.2 Å². The molecule has 0 aliphatic rings. The largest absolute Gasteiger partial charge is 0.507 e. The summed E-state index contributed by atoms with van der Waals surface area (Å²) in [4.78, 5) is 58.3. The van der Waals surface area contributed by atoms with E-state index in [0.717, 1.165) is 6.07 Å². The number of phenolic OH excluding ortho intramolecular Hbond substituents is 6. The minimum atomic E-state index is -1.76. The highest BCUT2D eigenvalue weighted by Gasteiger charge is 2.36. The van der Waals surface area contributed by atoms with Crippen molar-refractivity contribution in [2.45, 2.75) is 5.92 Å². The Balaban J connectivity index is 2.25. The molecular formula is C26H16O12. The van der Waals surface area contributed by atoms with Gasteiger partial charge in [0.1, 0.15) is 40.1 Å². The van der Waals surface area contributed by atoms with Crippen molar-refractivity contribution in [3.63, 3.8) is 0 Å². The van der Waals surface area contributed by atoms with E-state index in [-0.39, 0.29) is 41.7 Å². The van der Waals surface area contributed by atoms with Gasteiger partial charge in [0.15, 0.2) is 25.1 Å². The van der Waals surface area contributed by atoms with Gasteiger partial charge in [-0.15, -0.1) is 0 Å². The maximum atomic E-state index is 11.7. The Morgan fingerprint density at radius 3 is 1.39 bits per heavy atom. The van der Waals surface area contributed by atoms with Gasteiger partial charge >= 0.3 is 5.63 Å².